The number of aryl methyl sites for hydroxylation is 3. The number of fused-ring (bicyclic) bond motifs is 3. The molecule has 2 heterocycles. The summed E-state index contributed by atoms with van der Waals surface area (Å²) < 4.78 is 14.3. The third-order valence-electron chi connectivity index (χ3n) is 6.82. The zero-order valence-corrected chi connectivity index (χ0v) is 22.1. The van der Waals surface area contributed by atoms with Crippen molar-refractivity contribution in [3.8, 4) is 11.5 Å². The van der Waals surface area contributed by atoms with Gasteiger partial charge in [0.2, 0.25) is 11.7 Å². The summed E-state index contributed by atoms with van der Waals surface area (Å²) in [6.07, 6.45) is 1.93. The van der Waals surface area contributed by atoms with Crippen molar-refractivity contribution in [2.75, 3.05) is 20.8 Å². The second kappa shape index (κ2) is 11.8. The minimum Gasteiger partial charge on any atom is -0.497 e. The van der Waals surface area contributed by atoms with Crippen molar-refractivity contribution >= 4 is 22.6 Å². The van der Waals surface area contributed by atoms with Crippen LogP contribution in [0.2, 0.25) is 0 Å². The minimum absolute atomic E-state index is 0.0877. The summed E-state index contributed by atoms with van der Waals surface area (Å²) in [6, 6.07) is 23.1. The van der Waals surface area contributed by atoms with Crippen LogP contribution in [0.3, 0.4) is 0 Å². The number of carbonyl (C=O) groups is 1. The largest absolute Gasteiger partial charge is 0.497 e. The van der Waals surface area contributed by atoms with E-state index in [2.05, 4.69) is 15.5 Å². The Hall–Kier alpha value is -4.66. The summed E-state index contributed by atoms with van der Waals surface area (Å²) in [7, 11) is 3.24. The molecule has 0 fully saturated rings. The van der Waals surface area contributed by atoms with E-state index in [4.69, 9.17) is 9.47 Å². The molecule has 0 saturated carbocycles. The van der Waals surface area contributed by atoms with Crippen molar-refractivity contribution in [1.82, 2.24) is 24.5 Å². The number of aromatic nitrogens is 4. The molecule has 1 amide bonds. The van der Waals surface area contributed by atoms with Crippen LogP contribution in [-0.2, 0) is 30.6 Å². The zero-order valence-electron chi connectivity index (χ0n) is 22.1. The van der Waals surface area contributed by atoms with Gasteiger partial charge in [-0.05, 0) is 54.3 Å². The number of methoxy groups -OCH3 is 2. The number of nitrogens with one attached hydrogen (secondary N) is 1. The first-order valence-electron chi connectivity index (χ1n) is 13.0. The predicted molar refractivity (Wildman–Crippen MR) is 149 cm³/mol. The van der Waals surface area contributed by atoms with Crippen molar-refractivity contribution in [3.05, 3.63) is 100 Å². The van der Waals surface area contributed by atoms with Gasteiger partial charge in [-0.3, -0.25) is 18.6 Å². The molecule has 5 rings (SSSR count). The monoisotopic (exact) mass is 525 g/mol. The Morgan fingerprint density at radius 1 is 0.897 bits per heavy atom. The number of hydrogen-bond donors (Lipinski definition) is 1. The molecule has 0 atom stereocenters. The summed E-state index contributed by atoms with van der Waals surface area (Å²) in [4.78, 5) is 26.1. The minimum atomic E-state index is -0.0984. The molecule has 200 valence electrons. The van der Waals surface area contributed by atoms with Gasteiger partial charge >= 0.3 is 0 Å². The second-order valence-corrected chi connectivity index (χ2v) is 9.24. The summed E-state index contributed by atoms with van der Waals surface area (Å²) in [5, 5.41) is 12.3. The lowest BCUT2D eigenvalue weighted by atomic mass is 10.1. The van der Waals surface area contributed by atoms with Crippen LogP contribution in [-0.4, -0.2) is 45.8 Å². The Kier molecular flexibility index (Phi) is 7.86. The fourth-order valence-corrected chi connectivity index (χ4v) is 4.79. The van der Waals surface area contributed by atoms with Crippen LogP contribution in [0.15, 0.2) is 77.6 Å². The Labute approximate surface area is 226 Å². The lowest BCUT2D eigenvalue weighted by Gasteiger charge is -2.12. The van der Waals surface area contributed by atoms with Gasteiger partial charge < -0.3 is 14.8 Å². The molecular formula is C30H31N5O4. The van der Waals surface area contributed by atoms with Crippen LogP contribution in [0.4, 0.5) is 0 Å². The van der Waals surface area contributed by atoms with E-state index in [0.29, 0.717) is 49.3 Å². The van der Waals surface area contributed by atoms with E-state index in [1.54, 1.807) is 18.8 Å². The highest BCUT2D eigenvalue weighted by Crippen LogP contribution is 2.24. The standard InChI is InChI=1S/C30H31N5O4/c1-38-23-12-13-26(39-2)22(20-23)16-18-31-28(36)15-14-27-32-33-30-34(19-17-21-8-4-3-5-9-21)29(37)24-10-6-7-11-25(24)35(27)30/h3-13,20H,14-19H2,1-2H3,(H,31,36). The number of para-hydroxylation sites is 1. The Morgan fingerprint density at radius 3 is 2.49 bits per heavy atom. The SMILES string of the molecule is COc1ccc(OC)c(CCNC(=O)CCc2nnc3n(CCc4ccccc4)c(=O)c4ccccc4n23)c1. The zero-order chi connectivity index (χ0) is 27.2. The van der Waals surface area contributed by atoms with E-state index < -0.39 is 0 Å². The number of nitrogens with zero attached hydrogens (tertiary/aromatic N) is 4. The number of benzene rings is 3. The summed E-state index contributed by atoms with van der Waals surface area (Å²) in [5.74, 6) is 2.53. The van der Waals surface area contributed by atoms with Crippen LogP contribution >= 0.6 is 0 Å². The topological polar surface area (TPSA) is 99.8 Å². The van der Waals surface area contributed by atoms with Crippen molar-refractivity contribution in [1.29, 1.82) is 0 Å². The van der Waals surface area contributed by atoms with Gasteiger partial charge in [-0.15, -0.1) is 10.2 Å². The average molecular weight is 526 g/mol. The van der Waals surface area contributed by atoms with Gasteiger partial charge in [0, 0.05) is 25.9 Å². The highest BCUT2D eigenvalue weighted by Gasteiger charge is 2.17. The molecule has 39 heavy (non-hydrogen) atoms. The van der Waals surface area contributed by atoms with Gasteiger partial charge in [0.05, 0.1) is 25.1 Å². The van der Waals surface area contributed by atoms with E-state index in [0.717, 1.165) is 28.1 Å². The van der Waals surface area contributed by atoms with Crippen LogP contribution < -0.4 is 20.3 Å². The number of hydrogen-bond acceptors (Lipinski definition) is 6. The molecule has 1 N–H and O–H groups in total. The maximum atomic E-state index is 13.4. The molecular weight excluding hydrogens is 494 g/mol. The quantitative estimate of drug-likeness (QED) is 0.283. The molecule has 0 bridgehead atoms. The Morgan fingerprint density at radius 2 is 1.69 bits per heavy atom. The van der Waals surface area contributed by atoms with E-state index in [1.807, 2.05) is 77.2 Å². The maximum absolute atomic E-state index is 13.4. The van der Waals surface area contributed by atoms with Crippen LogP contribution in [0.5, 0.6) is 11.5 Å². The van der Waals surface area contributed by atoms with Gasteiger partial charge in [-0.2, -0.15) is 0 Å². The highest BCUT2D eigenvalue weighted by molar-refractivity contribution is 5.80. The van der Waals surface area contributed by atoms with Crippen LogP contribution in [0.1, 0.15) is 23.4 Å². The van der Waals surface area contributed by atoms with Crippen molar-refractivity contribution < 1.29 is 14.3 Å². The number of carbonyl (C=O) groups excluding carboxylic acids is 1. The fourth-order valence-electron chi connectivity index (χ4n) is 4.79. The molecule has 5 aromatic rings. The fraction of sp³-hybridized carbons (Fsp3) is 0.267. The van der Waals surface area contributed by atoms with Crippen molar-refractivity contribution in [2.45, 2.75) is 32.2 Å². The summed E-state index contributed by atoms with van der Waals surface area (Å²) >= 11 is 0. The molecule has 0 spiro atoms. The van der Waals surface area contributed by atoms with Crippen LogP contribution in [0, 0.1) is 0 Å². The molecule has 0 unspecified atom stereocenters. The average Bonchev–Trinajstić information content (AvgIpc) is 3.40. The summed E-state index contributed by atoms with van der Waals surface area (Å²) in [5.41, 5.74) is 2.73. The lowest BCUT2D eigenvalue weighted by Crippen LogP contribution is -2.26. The normalized spacial score (nSPS) is 11.1. The number of ether oxygens (including phenoxy) is 2. The number of amides is 1. The van der Waals surface area contributed by atoms with Gasteiger partial charge in [0.15, 0.2) is 0 Å². The van der Waals surface area contributed by atoms with Gasteiger partial charge in [-0.25, -0.2) is 0 Å². The van der Waals surface area contributed by atoms with E-state index in [9.17, 15) is 9.59 Å². The first-order valence-corrected chi connectivity index (χ1v) is 13.0. The molecule has 0 aliphatic heterocycles. The molecule has 0 aliphatic rings. The molecule has 9 heteroatoms. The van der Waals surface area contributed by atoms with E-state index in [1.165, 1.54) is 0 Å². The predicted octanol–water partition coefficient (Wildman–Crippen LogP) is 3.60. The first-order chi connectivity index (χ1) is 19.1. The van der Waals surface area contributed by atoms with Crippen molar-refractivity contribution in [3.63, 3.8) is 0 Å². The maximum Gasteiger partial charge on any atom is 0.262 e. The Bertz CT molecular complexity index is 1660. The summed E-state index contributed by atoms with van der Waals surface area (Å²) in [6.45, 7) is 0.939. The Balaban J connectivity index is 1.31. The molecule has 0 aliphatic carbocycles. The second-order valence-electron chi connectivity index (χ2n) is 9.24. The molecule has 9 nitrogen and oxygen atoms in total. The van der Waals surface area contributed by atoms with Gasteiger partial charge in [-0.1, -0.05) is 42.5 Å². The molecule has 0 saturated heterocycles. The smallest absolute Gasteiger partial charge is 0.262 e. The molecule has 2 aromatic heterocycles. The van der Waals surface area contributed by atoms with Gasteiger partial charge in [0.1, 0.15) is 17.3 Å². The highest BCUT2D eigenvalue weighted by atomic mass is 16.5. The van der Waals surface area contributed by atoms with E-state index in [-0.39, 0.29) is 17.9 Å². The third kappa shape index (κ3) is 5.62. The van der Waals surface area contributed by atoms with Crippen LogP contribution in [0.25, 0.3) is 16.7 Å². The van der Waals surface area contributed by atoms with Crippen molar-refractivity contribution in [2.24, 2.45) is 0 Å². The lowest BCUT2D eigenvalue weighted by molar-refractivity contribution is -0.121. The third-order valence-corrected chi connectivity index (χ3v) is 6.82. The first kappa shape index (κ1) is 26.0. The number of rotatable bonds is 11. The van der Waals surface area contributed by atoms with Gasteiger partial charge in [0.25, 0.3) is 5.56 Å². The molecule has 0 radical (unpaired) electrons. The molecule has 3 aromatic carbocycles. The van der Waals surface area contributed by atoms with E-state index >= 15 is 0 Å².